The third-order valence-electron chi connectivity index (χ3n) is 4.57. The van der Waals surface area contributed by atoms with E-state index in [1.165, 1.54) is 0 Å². The predicted octanol–water partition coefficient (Wildman–Crippen LogP) is 3.90. The van der Waals surface area contributed by atoms with E-state index in [2.05, 4.69) is 4.98 Å². The SMILES string of the molecule is CCCN(Cc1cc2cc(OC)ccc2[nH]c1=O)C(=O)c1ccc(C)cc1. The minimum Gasteiger partial charge on any atom is -0.497 e. The van der Waals surface area contributed by atoms with Crippen molar-refractivity contribution in [3.63, 3.8) is 0 Å². The number of carbonyl (C=O) groups is 1. The number of carbonyl (C=O) groups excluding carboxylic acids is 1. The lowest BCUT2D eigenvalue weighted by Gasteiger charge is -2.22. The van der Waals surface area contributed by atoms with Crippen molar-refractivity contribution in [3.8, 4) is 5.75 Å². The summed E-state index contributed by atoms with van der Waals surface area (Å²) in [6.07, 6.45) is 0.816. The third kappa shape index (κ3) is 4.19. The highest BCUT2D eigenvalue weighted by atomic mass is 16.5. The fraction of sp³-hybridized carbons (Fsp3) is 0.273. The molecule has 3 aromatic rings. The van der Waals surface area contributed by atoms with Crippen LogP contribution in [-0.4, -0.2) is 29.4 Å². The second-order valence-corrected chi connectivity index (χ2v) is 6.67. The van der Waals surface area contributed by atoms with Gasteiger partial charge in [0.2, 0.25) is 0 Å². The van der Waals surface area contributed by atoms with E-state index in [1.54, 1.807) is 12.0 Å². The van der Waals surface area contributed by atoms with E-state index >= 15 is 0 Å². The first-order valence-electron chi connectivity index (χ1n) is 9.07. The van der Waals surface area contributed by atoms with Gasteiger partial charge in [0.25, 0.3) is 11.5 Å². The summed E-state index contributed by atoms with van der Waals surface area (Å²) in [6, 6.07) is 14.8. The number of H-pyrrole nitrogens is 1. The van der Waals surface area contributed by atoms with Crippen LogP contribution in [0.25, 0.3) is 10.9 Å². The molecule has 0 aliphatic rings. The zero-order valence-corrected chi connectivity index (χ0v) is 15.9. The van der Waals surface area contributed by atoms with Crippen molar-refractivity contribution in [1.29, 1.82) is 0 Å². The van der Waals surface area contributed by atoms with Gasteiger partial charge in [-0.15, -0.1) is 0 Å². The zero-order valence-electron chi connectivity index (χ0n) is 15.9. The molecule has 0 fully saturated rings. The van der Waals surface area contributed by atoms with E-state index in [9.17, 15) is 9.59 Å². The summed E-state index contributed by atoms with van der Waals surface area (Å²) in [5, 5.41) is 0.878. The molecule has 1 heterocycles. The van der Waals surface area contributed by atoms with E-state index in [-0.39, 0.29) is 18.0 Å². The fourth-order valence-electron chi connectivity index (χ4n) is 3.08. The van der Waals surface area contributed by atoms with Gasteiger partial charge in [-0.3, -0.25) is 9.59 Å². The fourth-order valence-corrected chi connectivity index (χ4v) is 3.08. The molecule has 0 spiro atoms. The highest BCUT2D eigenvalue weighted by molar-refractivity contribution is 5.94. The van der Waals surface area contributed by atoms with Gasteiger partial charge in [-0.1, -0.05) is 24.6 Å². The minimum absolute atomic E-state index is 0.0676. The number of benzene rings is 2. The van der Waals surface area contributed by atoms with Crippen molar-refractivity contribution in [2.75, 3.05) is 13.7 Å². The van der Waals surface area contributed by atoms with Crippen LogP contribution >= 0.6 is 0 Å². The van der Waals surface area contributed by atoms with Crippen LogP contribution in [0.5, 0.6) is 5.75 Å². The highest BCUT2D eigenvalue weighted by Gasteiger charge is 2.17. The first kappa shape index (κ1) is 18.7. The van der Waals surface area contributed by atoms with Crippen molar-refractivity contribution in [1.82, 2.24) is 9.88 Å². The molecule has 0 saturated carbocycles. The van der Waals surface area contributed by atoms with Crippen LogP contribution < -0.4 is 10.3 Å². The average Bonchev–Trinajstić information content (AvgIpc) is 2.67. The number of aromatic nitrogens is 1. The summed E-state index contributed by atoms with van der Waals surface area (Å²) in [6.45, 7) is 4.86. The smallest absolute Gasteiger partial charge is 0.254 e. The molecule has 140 valence electrons. The molecular formula is C22H24N2O3. The molecule has 0 aliphatic heterocycles. The molecule has 3 rings (SSSR count). The number of methoxy groups -OCH3 is 1. The molecule has 5 nitrogen and oxygen atoms in total. The Morgan fingerprint density at radius 1 is 1.11 bits per heavy atom. The van der Waals surface area contributed by atoms with E-state index in [0.717, 1.165) is 28.6 Å². The van der Waals surface area contributed by atoms with Gasteiger partial charge < -0.3 is 14.6 Å². The number of ether oxygens (including phenoxy) is 1. The Kier molecular flexibility index (Phi) is 5.60. The second-order valence-electron chi connectivity index (χ2n) is 6.67. The summed E-state index contributed by atoms with van der Waals surface area (Å²) >= 11 is 0. The quantitative estimate of drug-likeness (QED) is 0.722. The Morgan fingerprint density at radius 2 is 1.85 bits per heavy atom. The monoisotopic (exact) mass is 364 g/mol. The third-order valence-corrected chi connectivity index (χ3v) is 4.57. The van der Waals surface area contributed by atoms with E-state index in [0.29, 0.717) is 17.7 Å². The molecule has 0 unspecified atom stereocenters. The van der Waals surface area contributed by atoms with Crippen LogP contribution in [0.3, 0.4) is 0 Å². The summed E-state index contributed by atoms with van der Waals surface area (Å²) in [7, 11) is 1.61. The van der Waals surface area contributed by atoms with Crippen LogP contribution in [0.1, 0.15) is 34.8 Å². The maximum absolute atomic E-state index is 12.9. The lowest BCUT2D eigenvalue weighted by molar-refractivity contribution is 0.0742. The average molecular weight is 364 g/mol. The summed E-state index contributed by atoms with van der Waals surface area (Å²) < 4.78 is 5.26. The lowest BCUT2D eigenvalue weighted by Crippen LogP contribution is -2.33. The van der Waals surface area contributed by atoms with Crippen LogP contribution in [0.4, 0.5) is 0 Å². The highest BCUT2D eigenvalue weighted by Crippen LogP contribution is 2.19. The minimum atomic E-state index is -0.175. The van der Waals surface area contributed by atoms with Gasteiger partial charge in [0.05, 0.1) is 13.7 Å². The Bertz CT molecular complexity index is 1010. The molecule has 0 bridgehead atoms. The number of hydrogen-bond acceptors (Lipinski definition) is 3. The van der Waals surface area contributed by atoms with Gasteiger partial charge in [-0.05, 0) is 49.7 Å². The zero-order chi connectivity index (χ0) is 19.4. The van der Waals surface area contributed by atoms with Crippen LogP contribution in [0, 0.1) is 6.92 Å². The lowest BCUT2D eigenvalue weighted by atomic mass is 10.1. The maximum Gasteiger partial charge on any atom is 0.254 e. The van der Waals surface area contributed by atoms with Crippen molar-refractivity contribution >= 4 is 16.8 Å². The first-order chi connectivity index (χ1) is 13.0. The van der Waals surface area contributed by atoms with E-state index in [1.807, 2.05) is 62.4 Å². The van der Waals surface area contributed by atoms with Crippen molar-refractivity contribution in [3.05, 3.63) is 75.6 Å². The van der Waals surface area contributed by atoms with Crippen molar-refractivity contribution in [2.45, 2.75) is 26.8 Å². The number of amides is 1. The molecule has 27 heavy (non-hydrogen) atoms. The van der Waals surface area contributed by atoms with Crippen molar-refractivity contribution in [2.24, 2.45) is 0 Å². The largest absolute Gasteiger partial charge is 0.497 e. The number of rotatable bonds is 6. The molecule has 0 aliphatic carbocycles. The molecule has 0 atom stereocenters. The summed E-state index contributed by atoms with van der Waals surface area (Å²) in [5.41, 5.74) is 2.87. The molecule has 0 radical (unpaired) electrons. The van der Waals surface area contributed by atoms with E-state index < -0.39 is 0 Å². The Balaban J connectivity index is 1.93. The van der Waals surface area contributed by atoms with Crippen LogP contribution in [-0.2, 0) is 6.54 Å². The van der Waals surface area contributed by atoms with Crippen LogP contribution in [0.15, 0.2) is 53.3 Å². The number of fused-ring (bicyclic) bond motifs is 1. The van der Waals surface area contributed by atoms with Gasteiger partial charge in [0.15, 0.2) is 0 Å². The first-order valence-corrected chi connectivity index (χ1v) is 9.07. The predicted molar refractivity (Wildman–Crippen MR) is 107 cm³/mol. The van der Waals surface area contributed by atoms with Crippen LogP contribution in [0.2, 0.25) is 0 Å². The number of nitrogens with one attached hydrogen (secondary N) is 1. The normalized spacial score (nSPS) is 10.8. The molecular weight excluding hydrogens is 340 g/mol. The standard InChI is InChI=1S/C22H24N2O3/c1-4-11-24(22(26)16-7-5-15(2)6-8-16)14-18-12-17-13-19(27-3)9-10-20(17)23-21(18)25/h5-10,12-13H,4,11,14H2,1-3H3,(H,23,25). The van der Waals surface area contributed by atoms with E-state index in [4.69, 9.17) is 4.74 Å². The molecule has 1 amide bonds. The van der Waals surface area contributed by atoms with Gasteiger partial charge >= 0.3 is 0 Å². The number of hydrogen-bond donors (Lipinski definition) is 1. The Morgan fingerprint density at radius 3 is 2.52 bits per heavy atom. The molecule has 0 saturated heterocycles. The summed E-state index contributed by atoms with van der Waals surface area (Å²) in [5.74, 6) is 0.656. The number of aryl methyl sites for hydroxylation is 1. The molecule has 1 N–H and O–H groups in total. The van der Waals surface area contributed by atoms with Gasteiger partial charge in [0, 0.05) is 28.6 Å². The maximum atomic E-state index is 12.9. The molecule has 5 heteroatoms. The van der Waals surface area contributed by atoms with Gasteiger partial charge in [-0.25, -0.2) is 0 Å². The van der Waals surface area contributed by atoms with Gasteiger partial charge in [-0.2, -0.15) is 0 Å². The molecule has 2 aromatic carbocycles. The Hall–Kier alpha value is -3.08. The molecule has 1 aromatic heterocycles. The summed E-state index contributed by atoms with van der Waals surface area (Å²) in [4.78, 5) is 30.0. The number of aromatic amines is 1. The van der Waals surface area contributed by atoms with Crippen molar-refractivity contribution < 1.29 is 9.53 Å². The number of nitrogens with zero attached hydrogens (tertiary/aromatic N) is 1. The second kappa shape index (κ2) is 8.08. The Labute approximate surface area is 158 Å². The van der Waals surface area contributed by atoms with Gasteiger partial charge in [0.1, 0.15) is 5.75 Å². The topological polar surface area (TPSA) is 62.4 Å². The number of pyridine rings is 1.